The van der Waals surface area contributed by atoms with Crippen LogP contribution < -0.4 is 16.0 Å². The zero-order valence-corrected chi connectivity index (χ0v) is 9.66. The third-order valence-electron chi connectivity index (χ3n) is 2.73. The molecule has 3 N–H and O–H groups in total. The molecule has 2 amide bonds. The molecule has 1 fully saturated rings. The number of urea groups is 1. The fourth-order valence-corrected chi connectivity index (χ4v) is 1.88. The number of amides is 2. The quantitative estimate of drug-likeness (QED) is 0.791. The summed E-state index contributed by atoms with van der Waals surface area (Å²) in [5.74, 6) is 0. The number of carbonyl (C=O) groups is 1. The summed E-state index contributed by atoms with van der Waals surface area (Å²) in [4.78, 5) is 13.5. The van der Waals surface area contributed by atoms with Gasteiger partial charge in [-0.05, 0) is 31.5 Å². The minimum absolute atomic E-state index is 0.0366. The highest BCUT2D eigenvalue weighted by Crippen LogP contribution is 2.23. The first-order valence-electron chi connectivity index (χ1n) is 5.40. The standard InChI is InChI=1S/C12H17N3O/c1-12(2)8-15(11(16)14-12)10-5-3-9(7-13)4-6-10/h3-6H,7-8,13H2,1-2H3,(H,14,16). The molecule has 0 unspecified atom stereocenters. The molecule has 0 saturated carbocycles. The fraction of sp³-hybridized carbons (Fsp3) is 0.417. The first-order valence-corrected chi connectivity index (χ1v) is 5.40. The second kappa shape index (κ2) is 3.79. The number of rotatable bonds is 2. The van der Waals surface area contributed by atoms with Crippen LogP contribution in [0.25, 0.3) is 0 Å². The highest BCUT2D eigenvalue weighted by molar-refractivity contribution is 5.95. The van der Waals surface area contributed by atoms with Gasteiger partial charge in [-0.2, -0.15) is 0 Å². The largest absolute Gasteiger partial charge is 0.331 e. The van der Waals surface area contributed by atoms with Gasteiger partial charge in [0.25, 0.3) is 0 Å². The Morgan fingerprint density at radius 3 is 2.44 bits per heavy atom. The highest BCUT2D eigenvalue weighted by Gasteiger charge is 2.35. The van der Waals surface area contributed by atoms with Crippen LogP contribution in [0.2, 0.25) is 0 Å². The maximum absolute atomic E-state index is 11.7. The molecule has 2 rings (SSSR count). The van der Waals surface area contributed by atoms with E-state index in [0.717, 1.165) is 11.3 Å². The van der Waals surface area contributed by atoms with Crippen molar-refractivity contribution in [1.29, 1.82) is 0 Å². The lowest BCUT2D eigenvalue weighted by atomic mass is 10.1. The molecule has 1 aromatic rings. The molecule has 1 aromatic carbocycles. The van der Waals surface area contributed by atoms with E-state index < -0.39 is 0 Å². The number of benzene rings is 1. The van der Waals surface area contributed by atoms with Gasteiger partial charge in [0.1, 0.15) is 0 Å². The van der Waals surface area contributed by atoms with Gasteiger partial charge in [0.05, 0.1) is 12.1 Å². The van der Waals surface area contributed by atoms with Gasteiger partial charge >= 0.3 is 6.03 Å². The first-order chi connectivity index (χ1) is 7.52. The summed E-state index contributed by atoms with van der Waals surface area (Å²) in [6.07, 6.45) is 0. The molecule has 0 aliphatic carbocycles. The molecule has 0 spiro atoms. The predicted octanol–water partition coefficient (Wildman–Crippen LogP) is 1.45. The van der Waals surface area contributed by atoms with Crippen molar-refractivity contribution in [3.05, 3.63) is 29.8 Å². The molecule has 0 radical (unpaired) electrons. The second-order valence-corrected chi connectivity index (χ2v) is 4.77. The minimum atomic E-state index is -0.163. The topological polar surface area (TPSA) is 58.4 Å². The molecule has 0 atom stereocenters. The average Bonchev–Trinajstić information content (AvgIpc) is 2.52. The number of carbonyl (C=O) groups excluding carboxylic acids is 1. The summed E-state index contributed by atoms with van der Waals surface area (Å²) in [5, 5.41) is 2.93. The first kappa shape index (κ1) is 11.0. The van der Waals surface area contributed by atoms with Crippen LogP contribution in [0.5, 0.6) is 0 Å². The molecule has 1 heterocycles. The Morgan fingerprint density at radius 1 is 1.38 bits per heavy atom. The molecule has 16 heavy (non-hydrogen) atoms. The van der Waals surface area contributed by atoms with Crippen LogP contribution in [0.4, 0.5) is 10.5 Å². The summed E-state index contributed by atoms with van der Waals surface area (Å²) in [6, 6.07) is 7.74. The van der Waals surface area contributed by atoms with Crippen molar-refractivity contribution in [2.75, 3.05) is 11.4 Å². The number of nitrogens with two attached hydrogens (primary N) is 1. The van der Waals surface area contributed by atoms with Crippen molar-refractivity contribution in [3.8, 4) is 0 Å². The average molecular weight is 219 g/mol. The molecule has 86 valence electrons. The van der Waals surface area contributed by atoms with Crippen LogP contribution in [0, 0.1) is 0 Å². The Kier molecular flexibility index (Phi) is 2.59. The van der Waals surface area contributed by atoms with Gasteiger partial charge in [-0.3, -0.25) is 4.90 Å². The van der Waals surface area contributed by atoms with E-state index in [-0.39, 0.29) is 11.6 Å². The van der Waals surface area contributed by atoms with Crippen molar-refractivity contribution in [1.82, 2.24) is 5.32 Å². The highest BCUT2D eigenvalue weighted by atomic mass is 16.2. The summed E-state index contributed by atoms with van der Waals surface area (Å²) in [5.41, 5.74) is 7.36. The Hall–Kier alpha value is -1.55. The molecule has 4 heteroatoms. The van der Waals surface area contributed by atoms with Gasteiger partial charge in [0.15, 0.2) is 0 Å². The molecule has 1 saturated heterocycles. The van der Waals surface area contributed by atoms with Crippen LogP contribution in [0.1, 0.15) is 19.4 Å². The van der Waals surface area contributed by atoms with Crippen LogP contribution >= 0.6 is 0 Å². The van der Waals surface area contributed by atoms with Crippen LogP contribution in [0.3, 0.4) is 0 Å². The van der Waals surface area contributed by atoms with Crippen LogP contribution in [-0.4, -0.2) is 18.1 Å². The lowest BCUT2D eigenvalue weighted by Gasteiger charge is -2.18. The van der Waals surface area contributed by atoms with Crippen LogP contribution in [-0.2, 0) is 6.54 Å². The Morgan fingerprint density at radius 2 is 2.00 bits per heavy atom. The monoisotopic (exact) mass is 219 g/mol. The Balaban J connectivity index is 2.21. The number of nitrogens with one attached hydrogen (secondary N) is 1. The van der Waals surface area contributed by atoms with Gasteiger partial charge in [-0.1, -0.05) is 12.1 Å². The third kappa shape index (κ3) is 2.02. The van der Waals surface area contributed by atoms with E-state index in [9.17, 15) is 4.79 Å². The molecule has 0 aromatic heterocycles. The van der Waals surface area contributed by atoms with E-state index in [1.807, 2.05) is 38.1 Å². The van der Waals surface area contributed by atoms with E-state index in [0.29, 0.717) is 13.1 Å². The third-order valence-corrected chi connectivity index (χ3v) is 2.73. The number of hydrogen-bond acceptors (Lipinski definition) is 2. The van der Waals surface area contributed by atoms with Crippen molar-refractivity contribution in [2.24, 2.45) is 5.73 Å². The fourth-order valence-electron chi connectivity index (χ4n) is 1.88. The van der Waals surface area contributed by atoms with E-state index >= 15 is 0 Å². The van der Waals surface area contributed by atoms with Crippen LogP contribution in [0.15, 0.2) is 24.3 Å². The lowest BCUT2D eigenvalue weighted by molar-refractivity contribution is 0.249. The normalized spacial score (nSPS) is 18.7. The summed E-state index contributed by atoms with van der Waals surface area (Å²) in [6.45, 7) is 5.24. The molecular formula is C12H17N3O. The van der Waals surface area contributed by atoms with E-state index in [1.54, 1.807) is 4.90 Å². The van der Waals surface area contributed by atoms with Crippen molar-refractivity contribution in [3.63, 3.8) is 0 Å². The predicted molar refractivity (Wildman–Crippen MR) is 64.3 cm³/mol. The van der Waals surface area contributed by atoms with Gasteiger partial charge in [-0.15, -0.1) is 0 Å². The van der Waals surface area contributed by atoms with Crippen molar-refractivity contribution < 1.29 is 4.79 Å². The Labute approximate surface area is 95.4 Å². The Bertz CT molecular complexity index is 397. The maximum atomic E-state index is 11.7. The van der Waals surface area contributed by atoms with Gasteiger partial charge < -0.3 is 11.1 Å². The maximum Gasteiger partial charge on any atom is 0.322 e. The molecule has 0 bridgehead atoms. The molecule has 1 aliphatic heterocycles. The van der Waals surface area contributed by atoms with Gasteiger partial charge in [0.2, 0.25) is 0 Å². The number of anilines is 1. The summed E-state index contributed by atoms with van der Waals surface area (Å²) in [7, 11) is 0. The van der Waals surface area contributed by atoms with E-state index in [4.69, 9.17) is 5.73 Å². The van der Waals surface area contributed by atoms with Crippen molar-refractivity contribution >= 4 is 11.7 Å². The van der Waals surface area contributed by atoms with Crippen molar-refractivity contribution in [2.45, 2.75) is 25.9 Å². The number of hydrogen-bond donors (Lipinski definition) is 2. The molecule has 1 aliphatic rings. The molecule has 4 nitrogen and oxygen atoms in total. The smallest absolute Gasteiger partial charge is 0.322 e. The summed E-state index contributed by atoms with van der Waals surface area (Å²) >= 11 is 0. The SMILES string of the molecule is CC1(C)CN(c2ccc(CN)cc2)C(=O)N1. The van der Waals surface area contributed by atoms with Gasteiger partial charge in [0, 0.05) is 12.2 Å². The van der Waals surface area contributed by atoms with E-state index in [1.165, 1.54) is 0 Å². The number of nitrogens with zero attached hydrogens (tertiary/aromatic N) is 1. The zero-order chi connectivity index (χ0) is 11.8. The second-order valence-electron chi connectivity index (χ2n) is 4.77. The zero-order valence-electron chi connectivity index (χ0n) is 9.66. The summed E-state index contributed by atoms with van der Waals surface area (Å²) < 4.78 is 0. The minimum Gasteiger partial charge on any atom is -0.331 e. The van der Waals surface area contributed by atoms with E-state index in [2.05, 4.69) is 5.32 Å². The van der Waals surface area contributed by atoms with Gasteiger partial charge in [-0.25, -0.2) is 4.79 Å². The lowest BCUT2D eigenvalue weighted by Crippen LogP contribution is -2.36. The molecular weight excluding hydrogens is 202 g/mol.